The molecule has 0 amide bonds. The molecule has 1 aromatic heterocycles. The third kappa shape index (κ3) is 2.46. The molecule has 0 saturated carbocycles. The van der Waals surface area contributed by atoms with Gasteiger partial charge in [-0.25, -0.2) is 4.79 Å². The van der Waals surface area contributed by atoms with Gasteiger partial charge >= 0.3 is 5.97 Å². The van der Waals surface area contributed by atoms with Crippen LogP contribution in [0.15, 0.2) is 28.7 Å². The van der Waals surface area contributed by atoms with Crippen molar-refractivity contribution in [3.63, 3.8) is 0 Å². The van der Waals surface area contributed by atoms with Crippen molar-refractivity contribution in [2.45, 2.75) is 6.92 Å². The van der Waals surface area contributed by atoms with Gasteiger partial charge in [0.25, 0.3) is 0 Å². The lowest BCUT2D eigenvalue weighted by atomic mass is 10.2. The fourth-order valence-corrected chi connectivity index (χ4v) is 1.52. The largest absolute Gasteiger partial charge is 0.461 e. The van der Waals surface area contributed by atoms with Gasteiger partial charge in [0, 0.05) is 10.6 Å². The van der Waals surface area contributed by atoms with Crippen LogP contribution >= 0.6 is 11.6 Å². The number of benzene rings is 1. The molecule has 0 saturated heterocycles. The van der Waals surface area contributed by atoms with E-state index in [0.717, 1.165) is 0 Å². The number of hydrogen-bond acceptors (Lipinski definition) is 5. The van der Waals surface area contributed by atoms with Crippen LogP contribution in [0.5, 0.6) is 0 Å². The molecule has 1 heterocycles. The molecule has 0 atom stereocenters. The standard InChI is InChI=1S/C12H11ClN2O3/c1-2-17-12(16)9-10(14)18-11(15-9)7-3-5-8(13)6-4-7/h3-6H,2,14H2,1H3. The summed E-state index contributed by atoms with van der Waals surface area (Å²) in [6.07, 6.45) is 0. The van der Waals surface area contributed by atoms with Gasteiger partial charge < -0.3 is 14.9 Å². The molecule has 1 aromatic carbocycles. The Balaban J connectivity index is 2.34. The highest BCUT2D eigenvalue weighted by Gasteiger charge is 2.19. The number of hydrogen-bond donors (Lipinski definition) is 1. The Kier molecular flexibility index (Phi) is 3.53. The van der Waals surface area contributed by atoms with Crippen LogP contribution in [-0.4, -0.2) is 17.6 Å². The molecular formula is C12H11ClN2O3. The van der Waals surface area contributed by atoms with Gasteiger partial charge in [0.2, 0.25) is 17.5 Å². The number of rotatable bonds is 3. The number of esters is 1. The van der Waals surface area contributed by atoms with Crippen molar-refractivity contribution >= 4 is 23.5 Å². The Bertz CT molecular complexity index is 563. The van der Waals surface area contributed by atoms with Crippen LogP contribution in [-0.2, 0) is 4.74 Å². The summed E-state index contributed by atoms with van der Waals surface area (Å²) in [5.41, 5.74) is 6.25. The van der Waals surface area contributed by atoms with E-state index in [1.165, 1.54) is 0 Å². The zero-order chi connectivity index (χ0) is 13.1. The number of oxazole rings is 1. The normalized spacial score (nSPS) is 10.3. The van der Waals surface area contributed by atoms with E-state index < -0.39 is 5.97 Å². The van der Waals surface area contributed by atoms with E-state index in [1.54, 1.807) is 31.2 Å². The summed E-state index contributed by atoms with van der Waals surface area (Å²) in [5.74, 6) is -0.399. The molecule has 2 aromatic rings. The predicted octanol–water partition coefficient (Wildman–Crippen LogP) is 2.75. The molecular weight excluding hydrogens is 256 g/mol. The maximum Gasteiger partial charge on any atom is 0.362 e. The minimum atomic E-state index is -0.598. The number of ether oxygens (including phenoxy) is 1. The summed E-state index contributed by atoms with van der Waals surface area (Å²) in [6, 6.07) is 6.84. The van der Waals surface area contributed by atoms with Crippen LogP contribution in [0.25, 0.3) is 11.5 Å². The summed E-state index contributed by atoms with van der Waals surface area (Å²) >= 11 is 5.78. The fraction of sp³-hybridized carbons (Fsp3) is 0.167. The first-order valence-corrected chi connectivity index (χ1v) is 5.69. The molecule has 0 spiro atoms. The summed E-state index contributed by atoms with van der Waals surface area (Å²) in [5, 5.41) is 0.601. The number of halogens is 1. The molecule has 0 bridgehead atoms. The lowest BCUT2D eigenvalue weighted by Crippen LogP contribution is -2.07. The van der Waals surface area contributed by atoms with Gasteiger partial charge in [0.05, 0.1) is 6.61 Å². The maximum absolute atomic E-state index is 11.5. The van der Waals surface area contributed by atoms with Crippen molar-refractivity contribution in [2.24, 2.45) is 0 Å². The Hall–Kier alpha value is -2.01. The van der Waals surface area contributed by atoms with Gasteiger partial charge in [-0.05, 0) is 31.2 Å². The zero-order valence-electron chi connectivity index (χ0n) is 9.64. The number of carbonyl (C=O) groups is 1. The third-order valence-electron chi connectivity index (χ3n) is 2.21. The van der Waals surface area contributed by atoms with Crippen molar-refractivity contribution < 1.29 is 13.9 Å². The van der Waals surface area contributed by atoms with Gasteiger partial charge in [-0.15, -0.1) is 0 Å². The Morgan fingerprint density at radius 3 is 2.72 bits per heavy atom. The Labute approximate surface area is 109 Å². The van der Waals surface area contributed by atoms with Gasteiger partial charge in [-0.2, -0.15) is 4.98 Å². The Morgan fingerprint density at radius 2 is 2.11 bits per heavy atom. The number of carbonyl (C=O) groups excluding carboxylic acids is 1. The highest BCUT2D eigenvalue weighted by Crippen LogP contribution is 2.25. The second kappa shape index (κ2) is 5.10. The first-order valence-electron chi connectivity index (χ1n) is 5.31. The molecule has 0 radical (unpaired) electrons. The quantitative estimate of drug-likeness (QED) is 0.864. The minimum Gasteiger partial charge on any atom is -0.461 e. The molecule has 2 rings (SSSR count). The highest BCUT2D eigenvalue weighted by atomic mass is 35.5. The Morgan fingerprint density at radius 1 is 1.44 bits per heavy atom. The molecule has 5 nitrogen and oxygen atoms in total. The third-order valence-corrected chi connectivity index (χ3v) is 2.47. The topological polar surface area (TPSA) is 78.3 Å². The number of aromatic nitrogens is 1. The van der Waals surface area contributed by atoms with E-state index in [-0.39, 0.29) is 24.1 Å². The van der Waals surface area contributed by atoms with Crippen molar-refractivity contribution in [1.82, 2.24) is 4.98 Å². The number of nitrogen functional groups attached to an aromatic ring is 1. The predicted molar refractivity (Wildman–Crippen MR) is 67.3 cm³/mol. The van der Waals surface area contributed by atoms with E-state index in [2.05, 4.69) is 4.98 Å². The summed E-state index contributed by atoms with van der Waals surface area (Å²) in [4.78, 5) is 15.5. The summed E-state index contributed by atoms with van der Waals surface area (Å²) < 4.78 is 10.0. The van der Waals surface area contributed by atoms with Gasteiger partial charge in [-0.3, -0.25) is 0 Å². The lowest BCUT2D eigenvalue weighted by molar-refractivity contribution is 0.0521. The van der Waals surface area contributed by atoms with E-state index in [1.807, 2.05) is 0 Å². The van der Waals surface area contributed by atoms with Crippen LogP contribution in [0, 0.1) is 0 Å². The van der Waals surface area contributed by atoms with Crippen molar-refractivity contribution in [3.8, 4) is 11.5 Å². The van der Waals surface area contributed by atoms with Gasteiger partial charge in [0.15, 0.2) is 0 Å². The van der Waals surface area contributed by atoms with Gasteiger partial charge in [-0.1, -0.05) is 11.6 Å². The molecule has 94 valence electrons. The summed E-state index contributed by atoms with van der Waals surface area (Å²) in [6.45, 7) is 1.95. The average molecular weight is 267 g/mol. The van der Waals surface area contributed by atoms with E-state index >= 15 is 0 Å². The SMILES string of the molecule is CCOC(=O)c1nc(-c2ccc(Cl)cc2)oc1N. The summed E-state index contributed by atoms with van der Waals surface area (Å²) in [7, 11) is 0. The fourth-order valence-electron chi connectivity index (χ4n) is 1.39. The van der Waals surface area contributed by atoms with Crippen molar-refractivity contribution in [2.75, 3.05) is 12.3 Å². The monoisotopic (exact) mass is 266 g/mol. The van der Waals surface area contributed by atoms with Crippen molar-refractivity contribution in [3.05, 3.63) is 35.0 Å². The van der Waals surface area contributed by atoms with Crippen LogP contribution in [0.4, 0.5) is 5.88 Å². The minimum absolute atomic E-state index is 0.0122. The molecule has 6 heteroatoms. The molecule has 0 aliphatic carbocycles. The molecule has 0 aliphatic rings. The number of anilines is 1. The lowest BCUT2D eigenvalue weighted by Gasteiger charge is -1.96. The van der Waals surface area contributed by atoms with Crippen LogP contribution in [0.2, 0.25) is 5.02 Å². The smallest absolute Gasteiger partial charge is 0.362 e. The number of nitrogens with two attached hydrogens (primary N) is 1. The van der Waals surface area contributed by atoms with Crippen LogP contribution in [0.3, 0.4) is 0 Å². The van der Waals surface area contributed by atoms with Crippen molar-refractivity contribution in [1.29, 1.82) is 0 Å². The maximum atomic E-state index is 11.5. The molecule has 0 fully saturated rings. The molecule has 0 aliphatic heterocycles. The molecule has 2 N–H and O–H groups in total. The second-order valence-electron chi connectivity index (χ2n) is 3.46. The molecule has 18 heavy (non-hydrogen) atoms. The first-order chi connectivity index (χ1) is 8.61. The highest BCUT2D eigenvalue weighted by molar-refractivity contribution is 6.30. The van der Waals surface area contributed by atoms with Crippen LogP contribution < -0.4 is 5.73 Å². The van der Waals surface area contributed by atoms with Crippen LogP contribution in [0.1, 0.15) is 17.4 Å². The molecule has 0 unspecified atom stereocenters. The zero-order valence-corrected chi connectivity index (χ0v) is 10.4. The first kappa shape index (κ1) is 12.4. The van der Waals surface area contributed by atoms with Gasteiger partial charge in [0.1, 0.15) is 0 Å². The second-order valence-corrected chi connectivity index (χ2v) is 3.90. The van der Waals surface area contributed by atoms with E-state index in [9.17, 15) is 4.79 Å². The van der Waals surface area contributed by atoms with E-state index in [4.69, 9.17) is 26.5 Å². The van der Waals surface area contributed by atoms with E-state index in [0.29, 0.717) is 10.6 Å². The number of nitrogens with zero attached hydrogens (tertiary/aromatic N) is 1. The average Bonchev–Trinajstić information content (AvgIpc) is 2.72.